The first kappa shape index (κ1) is 19.1. The molecule has 8 heteroatoms. The first-order valence-corrected chi connectivity index (χ1v) is 8.15. The SMILES string of the molecule is CN(CCCF)CC(O)CN(C)C(=O)c1ccc2c(c1)OCC(=O)N2. The second-order valence-electron chi connectivity index (χ2n) is 6.19. The minimum atomic E-state index is -0.730. The van der Waals surface area contributed by atoms with E-state index in [-0.39, 0.29) is 31.6 Å². The Bertz CT molecular complexity index is 626. The quantitative estimate of drug-likeness (QED) is 0.720. The molecule has 1 heterocycles. The molecule has 0 saturated heterocycles. The van der Waals surface area contributed by atoms with Gasteiger partial charge in [0.2, 0.25) is 0 Å². The number of alkyl halides is 1. The van der Waals surface area contributed by atoms with E-state index < -0.39 is 6.10 Å². The van der Waals surface area contributed by atoms with E-state index in [4.69, 9.17) is 4.74 Å². The minimum absolute atomic E-state index is 0.0790. The number of amides is 2. The predicted molar refractivity (Wildman–Crippen MR) is 91.6 cm³/mol. The molecule has 0 spiro atoms. The van der Waals surface area contributed by atoms with Crippen LogP contribution in [-0.2, 0) is 4.79 Å². The van der Waals surface area contributed by atoms with E-state index in [9.17, 15) is 19.1 Å². The summed E-state index contributed by atoms with van der Waals surface area (Å²) in [5.74, 6) is -0.0391. The number of hydrogen-bond acceptors (Lipinski definition) is 5. The molecule has 25 heavy (non-hydrogen) atoms. The predicted octanol–water partition coefficient (Wildman–Crippen LogP) is 0.742. The fourth-order valence-electron chi connectivity index (χ4n) is 2.67. The number of rotatable bonds is 8. The number of ether oxygens (including phenoxy) is 1. The number of hydrogen-bond donors (Lipinski definition) is 2. The van der Waals surface area contributed by atoms with E-state index in [1.807, 2.05) is 4.90 Å². The van der Waals surface area contributed by atoms with Crippen molar-refractivity contribution in [2.24, 2.45) is 0 Å². The molecule has 2 rings (SSSR count). The molecule has 1 aliphatic rings. The summed E-state index contributed by atoms with van der Waals surface area (Å²) in [5, 5.41) is 12.8. The number of fused-ring (bicyclic) bond motifs is 1. The van der Waals surface area contributed by atoms with Crippen LogP contribution in [0, 0.1) is 0 Å². The van der Waals surface area contributed by atoms with Crippen molar-refractivity contribution in [2.45, 2.75) is 12.5 Å². The number of anilines is 1. The summed E-state index contributed by atoms with van der Waals surface area (Å²) in [6.45, 7) is 0.605. The van der Waals surface area contributed by atoms with Gasteiger partial charge in [-0.25, -0.2) is 0 Å². The zero-order valence-corrected chi connectivity index (χ0v) is 14.5. The molecule has 2 amide bonds. The van der Waals surface area contributed by atoms with Crippen LogP contribution in [0.5, 0.6) is 5.75 Å². The average molecular weight is 353 g/mol. The van der Waals surface area contributed by atoms with Crippen LogP contribution in [0.3, 0.4) is 0 Å². The molecule has 0 aromatic heterocycles. The van der Waals surface area contributed by atoms with Crippen molar-refractivity contribution in [3.05, 3.63) is 23.8 Å². The topological polar surface area (TPSA) is 82.1 Å². The Kier molecular flexibility index (Phi) is 6.72. The zero-order chi connectivity index (χ0) is 18.4. The summed E-state index contributed by atoms with van der Waals surface area (Å²) in [7, 11) is 3.41. The van der Waals surface area contributed by atoms with Gasteiger partial charge in [-0.05, 0) is 31.7 Å². The molecule has 7 nitrogen and oxygen atoms in total. The summed E-state index contributed by atoms with van der Waals surface area (Å²) in [5.41, 5.74) is 0.945. The van der Waals surface area contributed by atoms with Crippen molar-refractivity contribution in [3.63, 3.8) is 0 Å². The third-order valence-electron chi connectivity index (χ3n) is 3.89. The van der Waals surface area contributed by atoms with E-state index in [2.05, 4.69) is 5.32 Å². The van der Waals surface area contributed by atoms with Crippen molar-refractivity contribution < 1.29 is 23.8 Å². The van der Waals surface area contributed by atoms with E-state index in [0.29, 0.717) is 36.5 Å². The lowest BCUT2D eigenvalue weighted by Gasteiger charge is -2.25. The Morgan fingerprint density at radius 2 is 2.16 bits per heavy atom. The summed E-state index contributed by atoms with van der Waals surface area (Å²) in [6, 6.07) is 4.80. The van der Waals surface area contributed by atoms with Gasteiger partial charge in [-0.3, -0.25) is 14.0 Å². The van der Waals surface area contributed by atoms with E-state index in [1.165, 1.54) is 4.90 Å². The molecule has 0 aliphatic carbocycles. The summed E-state index contributed by atoms with van der Waals surface area (Å²) in [4.78, 5) is 27.0. The maximum atomic E-state index is 12.5. The monoisotopic (exact) mass is 353 g/mol. The molecule has 0 saturated carbocycles. The van der Waals surface area contributed by atoms with Gasteiger partial charge in [0.1, 0.15) is 5.75 Å². The molecule has 1 aromatic carbocycles. The third kappa shape index (κ3) is 5.40. The molecular weight excluding hydrogens is 329 g/mol. The molecule has 1 aliphatic heterocycles. The second kappa shape index (κ2) is 8.77. The van der Waals surface area contributed by atoms with Gasteiger partial charge in [0.05, 0.1) is 18.5 Å². The minimum Gasteiger partial charge on any atom is -0.482 e. The number of halogens is 1. The van der Waals surface area contributed by atoms with Crippen molar-refractivity contribution >= 4 is 17.5 Å². The number of nitrogens with one attached hydrogen (secondary N) is 1. The number of nitrogens with zero attached hydrogens (tertiary/aromatic N) is 2. The van der Waals surface area contributed by atoms with Gasteiger partial charge in [0.15, 0.2) is 6.61 Å². The van der Waals surface area contributed by atoms with Crippen LogP contribution in [-0.4, -0.2) is 79.8 Å². The lowest BCUT2D eigenvalue weighted by Crippen LogP contribution is -2.40. The molecular formula is C17H24FN3O4. The molecule has 1 unspecified atom stereocenters. The average Bonchev–Trinajstić information content (AvgIpc) is 2.58. The van der Waals surface area contributed by atoms with Gasteiger partial charge in [-0.1, -0.05) is 0 Å². The first-order chi connectivity index (χ1) is 11.9. The highest BCUT2D eigenvalue weighted by molar-refractivity contribution is 5.98. The standard InChI is InChI=1S/C17H24FN3O4/c1-20(7-3-6-18)9-13(22)10-21(2)17(24)12-4-5-14-15(8-12)25-11-16(23)19-14/h4-5,8,13,22H,3,6-7,9-11H2,1-2H3,(H,19,23). The van der Waals surface area contributed by atoms with Crippen LogP contribution in [0.2, 0.25) is 0 Å². The molecule has 1 aromatic rings. The Labute approximate surface area is 146 Å². The molecule has 2 N–H and O–H groups in total. The summed E-state index contributed by atoms with van der Waals surface area (Å²) >= 11 is 0. The lowest BCUT2D eigenvalue weighted by molar-refractivity contribution is -0.118. The van der Waals surface area contributed by atoms with Gasteiger partial charge >= 0.3 is 0 Å². The van der Waals surface area contributed by atoms with Gasteiger partial charge in [-0.15, -0.1) is 0 Å². The van der Waals surface area contributed by atoms with Crippen molar-refractivity contribution in [1.29, 1.82) is 0 Å². The third-order valence-corrected chi connectivity index (χ3v) is 3.89. The molecule has 0 fully saturated rings. The Hall–Kier alpha value is -2.19. The number of carbonyl (C=O) groups excluding carboxylic acids is 2. The fraction of sp³-hybridized carbons (Fsp3) is 0.529. The number of aliphatic hydroxyl groups excluding tert-OH is 1. The molecule has 0 radical (unpaired) electrons. The van der Waals surface area contributed by atoms with Gasteiger partial charge < -0.3 is 25.0 Å². The largest absolute Gasteiger partial charge is 0.482 e. The van der Waals surface area contributed by atoms with Crippen LogP contribution >= 0.6 is 0 Å². The normalized spacial score (nSPS) is 14.5. The Morgan fingerprint density at radius 3 is 2.88 bits per heavy atom. The molecule has 138 valence electrons. The number of likely N-dealkylation sites (N-methyl/N-ethyl adjacent to an activating group) is 2. The number of carbonyl (C=O) groups is 2. The van der Waals surface area contributed by atoms with E-state index >= 15 is 0 Å². The van der Waals surface area contributed by atoms with Crippen LogP contribution in [0.1, 0.15) is 16.8 Å². The molecule has 1 atom stereocenters. The number of aliphatic hydroxyl groups is 1. The summed E-state index contributed by atoms with van der Waals surface area (Å²) < 4.78 is 17.5. The van der Waals surface area contributed by atoms with E-state index in [0.717, 1.165) is 0 Å². The summed E-state index contributed by atoms with van der Waals surface area (Å²) in [6.07, 6.45) is -0.310. The van der Waals surface area contributed by atoms with Crippen LogP contribution < -0.4 is 10.1 Å². The smallest absolute Gasteiger partial charge is 0.262 e. The van der Waals surface area contributed by atoms with E-state index in [1.54, 1.807) is 32.3 Å². The highest BCUT2D eigenvalue weighted by Crippen LogP contribution is 2.28. The van der Waals surface area contributed by atoms with Crippen molar-refractivity contribution in [3.8, 4) is 5.75 Å². The van der Waals surface area contributed by atoms with Crippen molar-refractivity contribution in [1.82, 2.24) is 9.80 Å². The maximum Gasteiger partial charge on any atom is 0.262 e. The highest BCUT2D eigenvalue weighted by Gasteiger charge is 2.21. The highest BCUT2D eigenvalue weighted by atomic mass is 19.1. The number of benzene rings is 1. The van der Waals surface area contributed by atoms with Crippen LogP contribution in [0.4, 0.5) is 10.1 Å². The Balaban J connectivity index is 1.92. The zero-order valence-electron chi connectivity index (χ0n) is 14.5. The lowest BCUT2D eigenvalue weighted by atomic mass is 10.1. The molecule has 0 bridgehead atoms. The van der Waals surface area contributed by atoms with Crippen molar-refractivity contribution in [2.75, 3.05) is 52.3 Å². The Morgan fingerprint density at radius 1 is 1.40 bits per heavy atom. The van der Waals surface area contributed by atoms with Gasteiger partial charge in [0, 0.05) is 32.2 Å². The van der Waals surface area contributed by atoms with Crippen LogP contribution in [0.25, 0.3) is 0 Å². The van der Waals surface area contributed by atoms with Gasteiger partial charge in [0.25, 0.3) is 11.8 Å². The van der Waals surface area contributed by atoms with Crippen LogP contribution in [0.15, 0.2) is 18.2 Å². The van der Waals surface area contributed by atoms with Gasteiger partial charge in [-0.2, -0.15) is 0 Å². The fourth-order valence-corrected chi connectivity index (χ4v) is 2.67. The first-order valence-electron chi connectivity index (χ1n) is 8.15. The maximum absolute atomic E-state index is 12.5. The second-order valence-corrected chi connectivity index (χ2v) is 6.19.